The predicted molar refractivity (Wildman–Crippen MR) is 218 cm³/mol. The van der Waals surface area contributed by atoms with E-state index in [1.54, 1.807) is 0 Å². The van der Waals surface area contributed by atoms with Gasteiger partial charge in [-0.15, -0.1) is 0 Å². The number of hydrogen-bond acceptors (Lipinski definition) is 5. The van der Waals surface area contributed by atoms with Crippen LogP contribution in [-0.2, 0) is 14.3 Å². The van der Waals surface area contributed by atoms with E-state index in [0.29, 0.717) is 25.9 Å². The highest BCUT2D eigenvalue weighted by molar-refractivity contribution is 5.76. The minimum Gasteiger partial charge on any atom is -0.466 e. The molecule has 0 aliphatic heterocycles. The number of carbonyl (C=O) groups is 2. The topological polar surface area (TPSA) is 95.9 Å². The molecular formula is C45H87NO5. The van der Waals surface area contributed by atoms with Gasteiger partial charge in [-0.2, -0.15) is 0 Å². The molecule has 0 bridgehead atoms. The van der Waals surface area contributed by atoms with Gasteiger partial charge in [0.05, 0.1) is 25.4 Å². The molecule has 0 aliphatic rings. The number of ether oxygens (including phenoxy) is 1. The molecule has 0 saturated carbocycles. The van der Waals surface area contributed by atoms with Gasteiger partial charge in [-0.3, -0.25) is 9.59 Å². The van der Waals surface area contributed by atoms with Crippen molar-refractivity contribution >= 4 is 11.9 Å². The first kappa shape index (κ1) is 49.6. The molecule has 0 fully saturated rings. The van der Waals surface area contributed by atoms with Crippen molar-refractivity contribution in [1.29, 1.82) is 0 Å². The highest BCUT2D eigenvalue weighted by Crippen LogP contribution is 2.15. The van der Waals surface area contributed by atoms with Crippen LogP contribution in [0.1, 0.15) is 239 Å². The standard InChI is InChI=1S/C45H87NO5/c1-3-5-7-9-11-13-14-15-16-19-23-27-31-35-39-45(50)51-40-36-32-28-24-20-17-18-22-26-30-34-38-44(49)46-42(41-47)43(48)37-33-29-25-21-12-10-8-6-4-2/h20,24,42-43,47-48H,3-19,21-23,25-41H2,1-2H3,(H,46,49)/b24-20-. The Morgan fingerprint density at radius 2 is 0.922 bits per heavy atom. The highest BCUT2D eigenvalue weighted by Gasteiger charge is 2.20. The summed E-state index contributed by atoms with van der Waals surface area (Å²) in [6.07, 6.45) is 44.6. The zero-order chi connectivity index (χ0) is 37.3. The molecule has 0 aromatic carbocycles. The van der Waals surface area contributed by atoms with Crippen LogP contribution in [-0.4, -0.2) is 47.4 Å². The van der Waals surface area contributed by atoms with Crippen LogP contribution in [0.25, 0.3) is 0 Å². The molecule has 3 N–H and O–H groups in total. The minimum absolute atomic E-state index is 0.0298. The van der Waals surface area contributed by atoms with E-state index in [0.717, 1.165) is 83.5 Å². The van der Waals surface area contributed by atoms with Crippen molar-refractivity contribution in [3.05, 3.63) is 12.2 Å². The first-order valence-electron chi connectivity index (χ1n) is 22.4. The number of aliphatic hydroxyl groups excluding tert-OH is 2. The third-order valence-corrected chi connectivity index (χ3v) is 10.3. The fourth-order valence-electron chi connectivity index (χ4n) is 6.81. The van der Waals surface area contributed by atoms with Gasteiger partial charge in [0, 0.05) is 12.8 Å². The molecule has 0 aliphatic carbocycles. The monoisotopic (exact) mass is 722 g/mol. The van der Waals surface area contributed by atoms with Crippen LogP contribution >= 0.6 is 0 Å². The van der Waals surface area contributed by atoms with Crippen LogP contribution in [0.15, 0.2) is 12.2 Å². The fraction of sp³-hybridized carbons (Fsp3) is 0.911. The second-order valence-corrected chi connectivity index (χ2v) is 15.4. The van der Waals surface area contributed by atoms with Crippen LogP contribution in [0.5, 0.6) is 0 Å². The SMILES string of the molecule is CCCCCCCCCCCCCCCCC(=O)OCCCC/C=C\CCCCCCCC(=O)NC(CO)C(O)CCCCCCCCCCC. The summed E-state index contributed by atoms with van der Waals surface area (Å²) >= 11 is 0. The van der Waals surface area contributed by atoms with E-state index in [9.17, 15) is 19.8 Å². The minimum atomic E-state index is -0.678. The summed E-state index contributed by atoms with van der Waals surface area (Å²) in [7, 11) is 0. The summed E-state index contributed by atoms with van der Waals surface area (Å²) in [5.74, 6) is -0.0965. The average Bonchev–Trinajstić information content (AvgIpc) is 3.13. The normalized spacial score (nSPS) is 12.8. The summed E-state index contributed by atoms with van der Waals surface area (Å²) in [4.78, 5) is 24.3. The Morgan fingerprint density at radius 1 is 0.529 bits per heavy atom. The number of unbranched alkanes of at least 4 members (excludes halogenated alkanes) is 28. The van der Waals surface area contributed by atoms with Gasteiger partial charge >= 0.3 is 5.97 Å². The maximum Gasteiger partial charge on any atom is 0.305 e. The van der Waals surface area contributed by atoms with Crippen molar-refractivity contribution < 1.29 is 24.5 Å². The number of nitrogens with one attached hydrogen (secondary N) is 1. The predicted octanol–water partition coefficient (Wildman–Crippen LogP) is 12.6. The molecule has 6 heteroatoms. The van der Waals surface area contributed by atoms with Gasteiger partial charge in [-0.25, -0.2) is 0 Å². The Balaban J connectivity index is 3.49. The number of hydrogen-bond donors (Lipinski definition) is 3. The molecule has 0 aromatic heterocycles. The number of carbonyl (C=O) groups excluding carboxylic acids is 2. The molecule has 0 heterocycles. The quantitative estimate of drug-likeness (QED) is 0.0332. The Bertz CT molecular complexity index is 757. The zero-order valence-corrected chi connectivity index (χ0v) is 34.1. The van der Waals surface area contributed by atoms with E-state index in [-0.39, 0.29) is 18.5 Å². The zero-order valence-electron chi connectivity index (χ0n) is 34.1. The molecule has 0 rings (SSSR count). The first-order chi connectivity index (χ1) is 25.0. The summed E-state index contributed by atoms with van der Waals surface area (Å²) in [5, 5.41) is 23.0. The van der Waals surface area contributed by atoms with Gasteiger partial charge in [0.2, 0.25) is 5.91 Å². The van der Waals surface area contributed by atoms with Crippen LogP contribution in [0.2, 0.25) is 0 Å². The van der Waals surface area contributed by atoms with Gasteiger partial charge in [-0.1, -0.05) is 187 Å². The molecule has 0 spiro atoms. The lowest BCUT2D eigenvalue weighted by atomic mass is 10.0. The van der Waals surface area contributed by atoms with E-state index in [4.69, 9.17) is 4.74 Å². The number of allylic oxidation sites excluding steroid dienone is 2. The van der Waals surface area contributed by atoms with Gasteiger partial charge in [0.25, 0.3) is 0 Å². The molecule has 6 nitrogen and oxygen atoms in total. The Labute approximate surface area is 317 Å². The third kappa shape index (κ3) is 38.1. The number of aliphatic hydroxyl groups is 2. The Kier molecular flexibility index (Phi) is 40.2. The molecule has 51 heavy (non-hydrogen) atoms. The molecular weight excluding hydrogens is 634 g/mol. The van der Waals surface area contributed by atoms with Gasteiger partial charge in [0.1, 0.15) is 0 Å². The number of amides is 1. The number of esters is 1. The second kappa shape index (κ2) is 41.4. The smallest absolute Gasteiger partial charge is 0.305 e. The fourth-order valence-corrected chi connectivity index (χ4v) is 6.81. The van der Waals surface area contributed by atoms with E-state index < -0.39 is 12.1 Å². The van der Waals surface area contributed by atoms with Gasteiger partial charge in [0.15, 0.2) is 0 Å². The lowest BCUT2D eigenvalue weighted by Gasteiger charge is -2.22. The van der Waals surface area contributed by atoms with Crippen molar-refractivity contribution in [2.75, 3.05) is 13.2 Å². The third-order valence-electron chi connectivity index (χ3n) is 10.3. The van der Waals surface area contributed by atoms with Crippen molar-refractivity contribution in [2.24, 2.45) is 0 Å². The van der Waals surface area contributed by atoms with Crippen LogP contribution in [0, 0.1) is 0 Å². The first-order valence-corrected chi connectivity index (χ1v) is 22.4. The molecule has 0 radical (unpaired) electrons. The van der Waals surface area contributed by atoms with Crippen molar-refractivity contribution in [3.8, 4) is 0 Å². The van der Waals surface area contributed by atoms with E-state index >= 15 is 0 Å². The summed E-state index contributed by atoms with van der Waals surface area (Å²) < 4.78 is 5.42. The molecule has 0 aromatic rings. The highest BCUT2D eigenvalue weighted by atomic mass is 16.5. The van der Waals surface area contributed by atoms with Crippen molar-refractivity contribution in [1.82, 2.24) is 5.32 Å². The van der Waals surface area contributed by atoms with Crippen molar-refractivity contribution in [2.45, 2.75) is 251 Å². The molecule has 2 unspecified atom stereocenters. The van der Waals surface area contributed by atoms with Crippen LogP contribution < -0.4 is 5.32 Å². The average molecular weight is 722 g/mol. The largest absolute Gasteiger partial charge is 0.466 e. The summed E-state index contributed by atoms with van der Waals surface area (Å²) in [6, 6.07) is -0.558. The maximum absolute atomic E-state index is 12.3. The maximum atomic E-state index is 12.3. The van der Waals surface area contributed by atoms with E-state index in [1.807, 2.05) is 0 Å². The molecule has 302 valence electrons. The van der Waals surface area contributed by atoms with E-state index in [1.165, 1.54) is 122 Å². The van der Waals surface area contributed by atoms with Crippen LogP contribution in [0.3, 0.4) is 0 Å². The van der Waals surface area contributed by atoms with Crippen molar-refractivity contribution in [3.63, 3.8) is 0 Å². The summed E-state index contributed by atoms with van der Waals surface area (Å²) in [5.41, 5.74) is 0. The summed E-state index contributed by atoms with van der Waals surface area (Å²) in [6.45, 7) is 4.84. The Hall–Kier alpha value is -1.40. The van der Waals surface area contributed by atoms with E-state index in [2.05, 4.69) is 31.3 Å². The van der Waals surface area contributed by atoms with Gasteiger partial charge in [-0.05, 0) is 51.4 Å². The number of rotatable bonds is 41. The second-order valence-electron chi connectivity index (χ2n) is 15.4. The molecule has 0 saturated heterocycles. The van der Waals surface area contributed by atoms with Gasteiger partial charge < -0.3 is 20.3 Å². The lowest BCUT2D eigenvalue weighted by molar-refractivity contribution is -0.143. The van der Waals surface area contributed by atoms with Crippen LogP contribution in [0.4, 0.5) is 0 Å². The Morgan fingerprint density at radius 3 is 1.39 bits per heavy atom. The molecule has 1 amide bonds. The molecule has 2 atom stereocenters. The lowest BCUT2D eigenvalue weighted by Crippen LogP contribution is -2.45.